The summed E-state index contributed by atoms with van der Waals surface area (Å²) >= 11 is 0. The molecule has 0 unspecified atom stereocenters. The van der Waals surface area contributed by atoms with Gasteiger partial charge in [-0.1, -0.05) is 17.4 Å². The van der Waals surface area contributed by atoms with Gasteiger partial charge in [-0.05, 0) is 12.2 Å². The maximum Gasteiger partial charge on any atom is 0.267 e. The van der Waals surface area contributed by atoms with E-state index < -0.39 is 10.0 Å². The highest BCUT2D eigenvalue weighted by molar-refractivity contribution is 7.88. The summed E-state index contributed by atoms with van der Waals surface area (Å²) in [6.45, 7) is 6.95. The molecule has 0 saturated carbocycles. The van der Waals surface area contributed by atoms with Gasteiger partial charge < -0.3 is 0 Å². The molecule has 0 aliphatic heterocycles. The zero-order valence-electron chi connectivity index (χ0n) is 7.14. The smallest absolute Gasteiger partial charge is 0.203 e. The number of hydrogen-bond acceptors (Lipinski definition) is 4. The van der Waals surface area contributed by atoms with E-state index in [1.54, 1.807) is 0 Å². The molecule has 0 aromatic carbocycles. The van der Waals surface area contributed by atoms with Crippen LogP contribution in [0.25, 0.3) is 12.2 Å². The van der Waals surface area contributed by atoms with E-state index in [1.165, 1.54) is 12.2 Å². The van der Waals surface area contributed by atoms with Gasteiger partial charge >= 0.3 is 0 Å². The first-order valence-corrected chi connectivity index (χ1v) is 5.26. The van der Waals surface area contributed by atoms with E-state index in [4.69, 9.17) is 0 Å². The van der Waals surface area contributed by atoms with Gasteiger partial charge in [-0.15, -0.1) is 10.2 Å². The van der Waals surface area contributed by atoms with E-state index in [-0.39, 0.29) is 0 Å². The molecular formula is C7H9N3O2S. The third-order valence-corrected chi connectivity index (χ3v) is 2.09. The minimum Gasteiger partial charge on any atom is -0.203 e. The van der Waals surface area contributed by atoms with Gasteiger partial charge in [-0.2, -0.15) is 0 Å². The summed E-state index contributed by atoms with van der Waals surface area (Å²) in [6.07, 6.45) is 3.87. The normalized spacial score (nSPS) is 11.2. The SMILES string of the molecule is C=Cc1nn(S(C)(=O)=O)nc1C=C. The van der Waals surface area contributed by atoms with E-state index in [9.17, 15) is 8.42 Å². The summed E-state index contributed by atoms with van der Waals surface area (Å²) < 4.78 is 22.7. The fraction of sp³-hybridized carbons (Fsp3) is 0.143. The second-order valence-corrected chi connectivity index (χ2v) is 4.16. The third-order valence-electron chi connectivity index (χ3n) is 1.33. The maximum atomic E-state index is 11.0. The average Bonchev–Trinajstić information content (AvgIpc) is 2.45. The van der Waals surface area contributed by atoms with Crippen molar-refractivity contribution in [2.24, 2.45) is 0 Å². The minimum absolute atomic E-state index is 0.403. The predicted octanol–water partition coefficient (Wildman–Crippen LogP) is 0.372. The van der Waals surface area contributed by atoms with Crippen LogP contribution in [0.15, 0.2) is 13.2 Å². The number of aromatic nitrogens is 3. The third kappa shape index (κ3) is 1.83. The van der Waals surface area contributed by atoms with Crippen molar-refractivity contribution in [2.75, 3.05) is 6.26 Å². The lowest BCUT2D eigenvalue weighted by atomic mass is 10.3. The van der Waals surface area contributed by atoms with Crippen LogP contribution < -0.4 is 0 Å². The fourth-order valence-electron chi connectivity index (χ4n) is 0.748. The summed E-state index contributed by atoms with van der Waals surface area (Å²) in [4.78, 5) is 0. The molecule has 0 aliphatic rings. The Kier molecular flexibility index (Phi) is 2.33. The largest absolute Gasteiger partial charge is 0.267 e. The van der Waals surface area contributed by atoms with Crippen LogP contribution in [-0.2, 0) is 10.0 Å². The summed E-state index contributed by atoms with van der Waals surface area (Å²) in [6, 6.07) is 0. The highest BCUT2D eigenvalue weighted by Gasteiger charge is 2.11. The van der Waals surface area contributed by atoms with Crippen LogP contribution in [0.1, 0.15) is 11.4 Å². The Morgan fingerprint density at radius 3 is 1.85 bits per heavy atom. The van der Waals surface area contributed by atoms with Crippen LogP contribution in [0.2, 0.25) is 0 Å². The highest BCUT2D eigenvalue weighted by Crippen LogP contribution is 2.06. The Morgan fingerprint density at radius 1 is 1.23 bits per heavy atom. The topological polar surface area (TPSA) is 64.8 Å². The molecule has 0 N–H and O–H groups in total. The van der Waals surface area contributed by atoms with Crippen molar-refractivity contribution >= 4 is 22.2 Å². The Balaban J connectivity index is 3.38. The first-order valence-electron chi connectivity index (χ1n) is 3.42. The van der Waals surface area contributed by atoms with Gasteiger partial charge in [0.25, 0.3) is 10.0 Å². The monoisotopic (exact) mass is 199 g/mol. The zero-order valence-corrected chi connectivity index (χ0v) is 7.95. The van der Waals surface area contributed by atoms with Gasteiger partial charge in [0.05, 0.1) is 6.26 Å². The first-order chi connectivity index (χ1) is 5.99. The quantitative estimate of drug-likeness (QED) is 0.705. The lowest BCUT2D eigenvalue weighted by molar-refractivity contribution is 0.575. The van der Waals surface area contributed by atoms with Gasteiger partial charge in [0.2, 0.25) is 0 Å². The molecule has 6 heteroatoms. The molecule has 0 atom stereocenters. The van der Waals surface area contributed by atoms with Crippen molar-refractivity contribution in [1.82, 2.24) is 14.4 Å². The molecule has 0 spiro atoms. The van der Waals surface area contributed by atoms with E-state index in [2.05, 4.69) is 23.4 Å². The van der Waals surface area contributed by atoms with Gasteiger partial charge in [0, 0.05) is 0 Å². The van der Waals surface area contributed by atoms with E-state index in [1.807, 2.05) is 0 Å². The van der Waals surface area contributed by atoms with Crippen molar-refractivity contribution in [3.8, 4) is 0 Å². The molecule has 1 aromatic heterocycles. The van der Waals surface area contributed by atoms with Crippen molar-refractivity contribution in [3.05, 3.63) is 24.5 Å². The van der Waals surface area contributed by atoms with Crippen LogP contribution in [-0.4, -0.2) is 29.1 Å². The van der Waals surface area contributed by atoms with Crippen molar-refractivity contribution in [2.45, 2.75) is 0 Å². The lowest BCUT2D eigenvalue weighted by Gasteiger charge is -1.91. The molecule has 0 saturated heterocycles. The standard InChI is InChI=1S/C7H9N3O2S/c1-4-6-7(5-2)9-10(8-6)13(3,11)12/h4-5H,1-2H2,3H3. The molecule has 0 fully saturated rings. The molecular weight excluding hydrogens is 190 g/mol. The van der Waals surface area contributed by atoms with Gasteiger partial charge in [0.1, 0.15) is 11.4 Å². The van der Waals surface area contributed by atoms with Gasteiger partial charge in [0.15, 0.2) is 0 Å². The molecule has 1 rings (SSSR count). The minimum atomic E-state index is -3.43. The molecule has 0 aliphatic carbocycles. The molecule has 0 radical (unpaired) electrons. The number of hydrogen-bond donors (Lipinski definition) is 0. The number of nitrogens with zero attached hydrogens (tertiary/aromatic N) is 3. The Labute approximate surface area is 76.4 Å². The first kappa shape index (κ1) is 9.66. The van der Waals surface area contributed by atoms with Crippen LogP contribution in [0, 0.1) is 0 Å². The second kappa shape index (κ2) is 3.14. The zero-order chi connectivity index (χ0) is 10.1. The summed E-state index contributed by atoms with van der Waals surface area (Å²) in [7, 11) is -3.43. The van der Waals surface area contributed by atoms with Crippen molar-refractivity contribution in [3.63, 3.8) is 0 Å². The Hall–Kier alpha value is -1.43. The molecule has 70 valence electrons. The molecule has 13 heavy (non-hydrogen) atoms. The average molecular weight is 199 g/mol. The van der Waals surface area contributed by atoms with Crippen LogP contribution in [0.4, 0.5) is 0 Å². The van der Waals surface area contributed by atoms with Crippen molar-refractivity contribution in [1.29, 1.82) is 0 Å². The Bertz CT molecular complexity index is 419. The van der Waals surface area contributed by atoms with Gasteiger partial charge in [-0.3, -0.25) is 0 Å². The van der Waals surface area contributed by atoms with E-state index >= 15 is 0 Å². The van der Waals surface area contributed by atoms with Gasteiger partial charge in [-0.25, -0.2) is 8.42 Å². The molecule has 5 nitrogen and oxygen atoms in total. The fourth-order valence-corrected chi connectivity index (χ4v) is 1.22. The molecule has 1 heterocycles. The lowest BCUT2D eigenvalue weighted by Crippen LogP contribution is -2.13. The van der Waals surface area contributed by atoms with Crippen LogP contribution in [0.3, 0.4) is 0 Å². The molecule has 1 aromatic rings. The van der Waals surface area contributed by atoms with Crippen molar-refractivity contribution < 1.29 is 8.42 Å². The summed E-state index contributed by atoms with van der Waals surface area (Å²) in [5.74, 6) is 0. The maximum absolute atomic E-state index is 11.0. The number of rotatable bonds is 3. The second-order valence-electron chi connectivity index (χ2n) is 2.36. The Morgan fingerprint density at radius 2 is 1.62 bits per heavy atom. The molecule has 0 amide bonds. The van der Waals surface area contributed by atoms with Crippen LogP contribution in [0.5, 0.6) is 0 Å². The summed E-state index contributed by atoms with van der Waals surface area (Å²) in [5.41, 5.74) is 0.806. The predicted molar refractivity (Wildman–Crippen MR) is 50.4 cm³/mol. The highest BCUT2D eigenvalue weighted by atomic mass is 32.2. The van der Waals surface area contributed by atoms with E-state index in [0.717, 1.165) is 6.26 Å². The molecule has 0 bridgehead atoms. The van der Waals surface area contributed by atoms with E-state index in [0.29, 0.717) is 15.6 Å². The van der Waals surface area contributed by atoms with Crippen LogP contribution >= 0.6 is 0 Å². The summed E-state index contributed by atoms with van der Waals surface area (Å²) in [5, 5.41) is 7.40.